The first-order valence-electron chi connectivity index (χ1n) is 6.85. The molecule has 1 rings (SSSR count). The molecule has 1 aliphatic rings. The van der Waals surface area contributed by atoms with Crippen LogP contribution in [0.5, 0.6) is 0 Å². The summed E-state index contributed by atoms with van der Waals surface area (Å²) in [5.74, 6) is 0.104. The van der Waals surface area contributed by atoms with Crippen LogP contribution in [0.3, 0.4) is 0 Å². The van der Waals surface area contributed by atoms with Gasteiger partial charge in [0.2, 0.25) is 5.91 Å². The van der Waals surface area contributed by atoms with Gasteiger partial charge in [0, 0.05) is 13.1 Å². The zero-order valence-electron chi connectivity index (χ0n) is 12.2. The third-order valence-corrected chi connectivity index (χ3v) is 3.42. The molecule has 0 radical (unpaired) electrons. The quantitative estimate of drug-likeness (QED) is 0.663. The van der Waals surface area contributed by atoms with Gasteiger partial charge in [-0.2, -0.15) is 0 Å². The Bertz CT molecular complexity index is 333. The lowest BCUT2D eigenvalue weighted by atomic mass is 9.90. The topological polar surface area (TPSA) is 87.5 Å². The molecule has 1 heterocycles. The van der Waals surface area contributed by atoms with Crippen LogP contribution in [-0.4, -0.2) is 49.6 Å². The molecule has 1 atom stereocenters. The van der Waals surface area contributed by atoms with Gasteiger partial charge >= 0.3 is 6.03 Å². The van der Waals surface area contributed by atoms with E-state index >= 15 is 0 Å². The van der Waals surface area contributed by atoms with E-state index in [2.05, 4.69) is 17.6 Å². The van der Waals surface area contributed by atoms with Crippen molar-refractivity contribution in [3.05, 3.63) is 0 Å². The molecular weight excluding hydrogens is 244 g/mol. The average Bonchev–Trinajstić information content (AvgIpc) is 2.69. The van der Waals surface area contributed by atoms with Crippen LogP contribution >= 0.6 is 0 Å². The minimum absolute atomic E-state index is 0.0974. The number of likely N-dealkylation sites (tertiary alicyclic amines) is 1. The smallest absolute Gasteiger partial charge is 0.321 e. The van der Waals surface area contributed by atoms with Gasteiger partial charge in [0.1, 0.15) is 0 Å². The van der Waals surface area contributed by atoms with Crippen LogP contribution in [0.2, 0.25) is 0 Å². The maximum absolute atomic E-state index is 11.7. The summed E-state index contributed by atoms with van der Waals surface area (Å²) in [6.07, 6.45) is 0.996. The minimum Gasteiger partial charge on any atom is -0.338 e. The van der Waals surface area contributed by atoms with Crippen molar-refractivity contribution in [2.24, 2.45) is 17.1 Å². The summed E-state index contributed by atoms with van der Waals surface area (Å²) in [6.45, 7) is 9.23. The Labute approximate surface area is 115 Å². The van der Waals surface area contributed by atoms with Crippen LogP contribution in [-0.2, 0) is 4.79 Å². The van der Waals surface area contributed by atoms with Crippen molar-refractivity contribution >= 4 is 11.9 Å². The molecule has 1 fully saturated rings. The normalized spacial score (nSPS) is 23.6. The molecule has 0 aromatic carbocycles. The maximum Gasteiger partial charge on any atom is 0.321 e. The molecule has 6 nitrogen and oxygen atoms in total. The van der Waals surface area contributed by atoms with Crippen molar-refractivity contribution < 1.29 is 9.59 Å². The molecule has 0 aliphatic carbocycles. The van der Waals surface area contributed by atoms with Crippen LogP contribution in [0.25, 0.3) is 0 Å². The van der Waals surface area contributed by atoms with Crippen LogP contribution in [0.1, 0.15) is 27.2 Å². The lowest BCUT2D eigenvalue weighted by molar-refractivity contribution is -0.121. The Morgan fingerprint density at radius 2 is 2.11 bits per heavy atom. The van der Waals surface area contributed by atoms with Crippen LogP contribution < -0.4 is 16.4 Å². The average molecular weight is 270 g/mol. The molecule has 0 spiro atoms. The monoisotopic (exact) mass is 270 g/mol. The number of nitrogens with one attached hydrogen (secondary N) is 2. The second kappa shape index (κ2) is 6.86. The molecule has 19 heavy (non-hydrogen) atoms. The first-order chi connectivity index (χ1) is 8.84. The molecule has 1 aliphatic heterocycles. The number of amides is 3. The molecule has 3 amide bonds. The third kappa shape index (κ3) is 5.57. The SMILES string of the molecule is CC(C)CNC(=O)NC(=O)CN1CCC(C)(CN)C1. The number of imide groups is 1. The fraction of sp³-hybridized carbons (Fsp3) is 0.846. The van der Waals surface area contributed by atoms with Crippen molar-refractivity contribution in [2.75, 3.05) is 32.7 Å². The molecule has 6 heteroatoms. The minimum atomic E-state index is -0.417. The Hall–Kier alpha value is -1.14. The van der Waals surface area contributed by atoms with Gasteiger partial charge in [-0.25, -0.2) is 4.79 Å². The second-order valence-electron chi connectivity index (χ2n) is 6.13. The molecule has 4 N–H and O–H groups in total. The van der Waals surface area contributed by atoms with E-state index in [9.17, 15) is 9.59 Å². The number of nitrogens with zero attached hydrogens (tertiary/aromatic N) is 1. The van der Waals surface area contributed by atoms with Crippen LogP contribution in [0.4, 0.5) is 4.79 Å². The number of hydrogen-bond acceptors (Lipinski definition) is 4. The zero-order chi connectivity index (χ0) is 14.5. The van der Waals surface area contributed by atoms with Gasteiger partial charge < -0.3 is 11.1 Å². The maximum atomic E-state index is 11.7. The van der Waals surface area contributed by atoms with Crippen molar-refractivity contribution in [3.8, 4) is 0 Å². The van der Waals surface area contributed by atoms with Crippen molar-refractivity contribution in [2.45, 2.75) is 27.2 Å². The van der Waals surface area contributed by atoms with Gasteiger partial charge in [0.25, 0.3) is 0 Å². The Kier molecular flexibility index (Phi) is 5.75. The Balaban J connectivity index is 2.27. The van der Waals surface area contributed by atoms with Crippen molar-refractivity contribution in [3.63, 3.8) is 0 Å². The number of carbonyl (C=O) groups is 2. The summed E-state index contributed by atoms with van der Waals surface area (Å²) in [7, 11) is 0. The number of urea groups is 1. The van der Waals surface area contributed by atoms with E-state index in [1.54, 1.807) is 0 Å². The zero-order valence-corrected chi connectivity index (χ0v) is 12.2. The molecule has 1 saturated heterocycles. The Morgan fingerprint density at radius 3 is 2.63 bits per heavy atom. The molecule has 0 saturated carbocycles. The Morgan fingerprint density at radius 1 is 1.42 bits per heavy atom. The predicted octanol–water partition coefficient (Wildman–Crippen LogP) is 0.139. The highest BCUT2D eigenvalue weighted by atomic mass is 16.2. The lowest BCUT2D eigenvalue weighted by Gasteiger charge is -2.22. The summed E-state index contributed by atoms with van der Waals surface area (Å²) in [5, 5.41) is 5.00. The number of nitrogens with two attached hydrogens (primary N) is 1. The van der Waals surface area contributed by atoms with Crippen molar-refractivity contribution in [1.29, 1.82) is 0 Å². The van der Waals surface area contributed by atoms with E-state index in [4.69, 9.17) is 5.73 Å². The van der Waals surface area contributed by atoms with Gasteiger partial charge in [0.05, 0.1) is 6.54 Å². The van der Waals surface area contributed by atoms with Gasteiger partial charge in [-0.3, -0.25) is 15.0 Å². The summed E-state index contributed by atoms with van der Waals surface area (Å²) < 4.78 is 0. The summed E-state index contributed by atoms with van der Waals surface area (Å²) >= 11 is 0. The van der Waals surface area contributed by atoms with Crippen molar-refractivity contribution in [1.82, 2.24) is 15.5 Å². The largest absolute Gasteiger partial charge is 0.338 e. The van der Waals surface area contributed by atoms with Gasteiger partial charge in [0.15, 0.2) is 0 Å². The van der Waals surface area contributed by atoms with E-state index in [0.717, 1.165) is 19.5 Å². The van der Waals surface area contributed by atoms with Gasteiger partial charge in [-0.15, -0.1) is 0 Å². The summed E-state index contributed by atoms with van der Waals surface area (Å²) in [6, 6.07) is -0.417. The highest BCUT2D eigenvalue weighted by Gasteiger charge is 2.33. The number of rotatable bonds is 5. The first-order valence-corrected chi connectivity index (χ1v) is 6.85. The predicted molar refractivity (Wildman–Crippen MR) is 74.6 cm³/mol. The standard InChI is InChI=1S/C13H26N4O2/c1-10(2)6-15-12(19)16-11(18)7-17-5-4-13(3,8-14)9-17/h10H,4-9,14H2,1-3H3,(H2,15,16,18,19). The summed E-state index contributed by atoms with van der Waals surface area (Å²) in [4.78, 5) is 25.2. The van der Waals surface area contributed by atoms with Crippen LogP contribution in [0.15, 0.2) is 0 Å². The molecule has 1 unspecified atom stereocenters. The van der Waals surface area contributed by atoms with E-state index in [0.29, 0.717) is 19.0 Å². The highest BCUT2D eigenvalue weighted by Crippen LogP contribution is 2.27. The molecule has 0 bridgehead atoms. The van der Waals surface area contributed by atoms with E-state index in [-0.39, 0.29) is 17.9 Å². The fourth-order valence-electron chi connectivity index (χ4n) is 2.14. The number of carbonyl (C=O) groups excluding carboxylic acids is 2. The van der Waals surface area contributed by atoms with E-state index in [1.165, 1.54) is 0 Å². The first kappa shape index (κ1) is 15.9. The lowest BCUT2D eigenvalue weighted by Crippen LogP contribution is -2.45. The van der Waals surface area contributed by atoms with E-state index < -0.39 is 6.03 Å². The second-order valence-corrected chi connectivity index (χ2v) is 6.13. The number of hydrogen-bond donors (Lipinski definition) is 3. The fourth-order valence-corrected chi connectivity index (χ4v) is 2.14. The third-order valence-electron chi connectivity index (χ3n) is 3.42. The summed E-state index contributed by atoms with van der Waals surface area (Å²) in [5.41, 5.74) is 5.82. The molecule has 0 aromatic rings. The molecular formula is C13H26N4O2. The van der Waals surface area contributed by atoms with Gasteiger partial charge in [-0.1, -0.05) is 20.8 Å². The highest BCUT2D eigenvalue weighted by molar-refractivity contribution is 5.95. The van der Waals surface area contributed by atoms with E-state index in [1.807, 2.05) is 18.7 Å². The molecule has 0 aromatic heterocycles. The van der Waals surface area contributed by atoms with Gasteiger partial charge in [-0.05, 0) is 30.8 Å². The van der Waals surface area contributed by atoms with Crippen LogP contribution in [0, 0.1) is 11.3 Å². The molecule has 110 valence electrons.